The molecule has 2 rings (SSSR count). The summed E-state index contributed by atoms with van der Waals surface area (Å²) in [5.41, 5.74) is 7.77. The summed E-state index contributed by atoms with van der Waals surface area (Å²) < 4.78 is 14.8. The van der Waals surface area contributed by atoms with Crippen molar-refractivity contribution < 1.29 is 4.39 Å². The highest BCUT2D eigenvalue weighted by molar-refractivity contribution is 9.11. The fourth-order valence-electron chi connectivity index (χ4n) is 1.51. The minimum Gasteiger partial charge on any atom is -0.389 e. The van der Waals surface area contributed by atoms with Gasteiger partial charge >= 0.3 is 0 Å². The quantitative estimate of drug-likeness (QED) is 0.727. The van der Waals surface area contributed by atoms with Gasteiger partial charge in [-0.2, -0.15) is 0 Å². The highest BCUT2D eigenvalue weighted by atomic mass is 79.9. The van der Waals surface area contributed by atoms with Gasteiger partial charge in [0.15, 0.2) is 0 Å². The van der Waals surface area contributed by atoms with Crippen LogP contribution >= 0.6 is 44.1 Å². The van der Waals surface area contributed by atoms with Crippen molar-refractivity contribution in [1.82, 2.24) is 0 Å². The average molecular weight is 404 g/mol. The van der Waals surface area contributed by atoms with Crippen molar-refractivity contribution in [3.05, 3.63) is 56.7 Å². The van der Waals surface area contributed by atoms with Gasteiger partial charge in [0.2, 0.25) is 0 Å². The minimum atomic E-state index is -0.304. The normalized spacial score (nSPS) is 10.3. The topological polar surface area (TPSA) is 38.0 Å². The van der Waals surface area contributed by atoms with Crippen molar-refractivity contribution in [3.8, 4) is 0 Å². The molecule has 0 heterocycles. The summed E-state index contributed by atoms with van der Waals surface area (Å²) in [6, 6.07) is 9.91. The Morgan fingerprint density at radius 3 is 2.42 bits per heavy atom. The lowest BCUT2D eigenvalue weighted by atomic mass is 10.2. The van der Waals surface area contributed by atoms with E-state index in [4.69, 9.17) is 18.0 Å². The van der Waals surface area contributed by atoms with Crippen LogP contribution in [0.3, 0.4) is 0 Å². The Bertz CT molecular complexity index is 647. The van der Waals surface area contributed by atoms with E-state index < -0.39 is 0 Å². The summed E-state index contributed by atoms with van der Waals surface area (Å²) in [6.45, 7) is 0. The molecule has 0 fully saturated rings. The smallest absolute Gasteiger partial charge is 0.125 e. The Morgan fingerprint density at radius 2 is 1.79 bits per heavy atom. The standard InChI is InChI=1S/C13H9Br2FN2S/c14-9-3-2-8(16)6-12(9)18-11-4-1-7(13(17)19)5-10(11)15/h1-6,18H,(H2,17,19). The molecule has 2 aromatic rings. The molecule has 2 aromatic carbocycles. The summed E-state index contributed by atoms with van der Waals surface area (Å²) in [5, 5.41) is 3.13. The second kappa shape index (κ2) is 5.98. The van der Waals surface area contributed by atoms with Gasteiger partial charge in [0.05, 0.1) is 11.4 Å². The van der Waals surface area contributed by atoms with Gasteiger partial charge < -0.3 is 11.1 Å². The van der Waals surface area contributed by atoms with Crippen molar-refractivity contribution in [2.75, 3.05) is 5.32 Å². The molecular formula is C13H9Br2FN2S. The largest absolute Gasteiger partial charge is 0.389 e. The zero-order valence-electron chi connectivity index (χ0n) is 9.58. The van der Waals surface area contributed by atoms with Gasteiger partial charge in [-0.25, -0.2) is 4.39 Å². The predicted octanol–water partition coefficient (Wildman–Crippen LogP) is 4.73. The van der Waals surface area contributed by atoms with Crippen molar-refractivity contribution in [3.63, 3.8) is 0 Å². The Labute approximate surface area is 132 Å². The zero-order chi connectivity index (χ0) is 14.0. The number of hydrogen-bond donors (Lipinski definition) is 2. The van der Waals surface area contributed by atoms with E-state index >= 15 is 0 Å². The predicted molar refractivity (Wildman–Crippen MR) is 87.4 cm³/mol. The molecule has 98 valence electrons. The second-order valence-electron chi connectivity index (χ2n) is 3.81. The third-order valence-corrected chi connectivity index (χ3v) is 4.03. The van der Waals surface area contributed by atoms with Gasteiger partial charge in [0.1, 0.15) is 10.8 Å². The Morgan fingerprint density at radius 1 is 1.05 bits per heavy atom. The van der Waals surface area contributed by atoms with Crippen LogP contribution in [0.5, 0.6) is 0 Å². The van der Waals surface area contributed by atoms with E-state index in [0.29, 0.717) is 10.7 Å². The van der Waals surface area contributed by atoms with E-state index in [1.54, 1.807) is 6.07 Å². The maximum absolute atomic E-state index is 13.2. The number of halogens is 3. The maximum Gasteiger partial charge on any atom is 0.125 e. The van der Waals surface area contributed by atoms with Crippen LogP contribution in [-0.4, -0.2) is 4.99 Å². The Hall–Kier alpha value is -0.980. The van der Waals surface area contributed by atoms with E-state index in [9.17, 15) is 4.39 Å². The molecule has 0 atom stereocenters. The number of rotatable bonds is 3. The third-order valence-electron chi connectivity index (χ3n) is 2.45. The van der Waals surface area contributed by atoms with Crippen molar-refractivity contribution in [1.29, 1.82) is 0 Å². The van der Waals surface area contributed by atoms with Crippen molar-refractivity contribution in [2.24, 2.45) is 5.73 Å². The van der Waals surface area contributed by atoms with Crippen LogP contribution in [-0.2, 0) is 0 Å². The number of nitrogens with two attached hydrogens (primary N) is 1. The summed E-state index contributed by atoms with van der Waals surface area (Å²) in [5.74, 6) is -0.304. The molecule has 0 spiro atoms. The highest BCUT2D eigenvalue weighted by Gasteiger charge is 2.06. The second-order valence-corrected chi connectivity index (χ2v) is 5.96. The van der Waals surface area contributed by atoms with E-state index in [2.05, 4.69) is 37.2 Å². The molecule has 2 nitrogen and oxygen atoms in total. The molecule has 0 bridgehead atoms. The lowest BCUT2D eigenvalue weighted by Crippen LogP contribution is -2.09. The lowest BCUT2D eigenvalue weighted by Gasteiger charge is -2.11. The summed E-state index contributed by atoms with van der Waals surface area (Å²) in [4.78, 5) is 0.333. The van der Waals surface area contributed by atoms with E-state index in [1.807, 2.05) is 18.2 Å². The molecule has 3 N–H and O–H groups in total. The van der Waals surface area contributed by atoms with Gasteiger partial charge in [-0.1, -0.05) is 12.2 Å². The molecule has 19 heavy (non-hydrogen) atoms. The maximum atomic E-state index is 13.2. The fraction of sp³-hybridized carbons (Fsp3) is 0. The molecule has 0 aromatic heterocycles. The third kappa shape index (κ3) is 3.52. The average Bonchev–Trinajstić information content (AvgIpc) is 2.36. The van der Waals surface area contributed by atoms with Crippen molar-refractivity contribution in [2.45, 2.75) is 0 Å². The van der Waals surface area contributed by atoms with Gasteiger partial charge in [-0.15, -0.1) is 0 Å². The van der Waals surface area contributed by atoms with Crippen LogP contribution in [0.1, 0.15) is 5.56 Å². The molecule has 0 saturated carbocycles. The summed E-state index contributed by atoms with van der Waals surface area (Å²) >= 11 is 11.7. The van der Waals surface area contributed by atoms with Crippen LogP contribution in [0.4, 0.5) is 15.8 Å². The lowest BCUT2D eigenvalue weighted by molar-refractivity contribution is 0.628. The van der Waals surface area contributed by atoms with E-state index in [1.165, 1.54) is 12.1 Å². The van der Waals surface area contributed by atoms with Gasteiger partial charge in [-0.3, -0.25) is 0 Å². The molecule has 0 unspecified atom stereocenters. The molecule has 6 heteroatoms. The number of thiocarbonyl (C=S) groups is 1. The first-order valence-corrected chi connectivity index (χ1v) is 7.28. The Balaban J connectivity index is 2.33. The van der Waals surface area contributed by atoms with Crippen LogP contribution in [0.2, 0.25) is 0 Å². The minimum absolute atomic E-state index is 0.304. The van der Waals surface area contributed by atoms with Crippen LogP contribution < -0.4 is 11.1 Å². The van der Waals surface area contributed by atoms with Gasteiger partial charge in [-0.05, 0) is 68.3 Å². The summed E-state index contributed by atoms with van der Waals surface area (Å²) in [7, 11) is 0. The summed E-state index contributed by atoms with van der Waals surface area (Å²) in [6.07, 6.45) is 0. The van der Waals surface area contributed by atoms with E-state index in [0.717, 1.165) is 20.2 Å². The van der Waals surface area contributed by atoms with Gasteiger partial charge in [0.25, 0.3) is 0 Å². The highest BCUT2D eigenvalue weighted by Crippen LogP contribution is 2.31. The van der Waals surface area contributed by atoms with Crippen LogP contribution in [0.15, 0.2) is 45.3 Å². The first-order chi connectivity index (χ1) is 8.97. The monoisotopic (exact) mass is 402 g/mol. The van der Waals surface area contributed by atoms with Crippen molar-refractivity contribution >= 4 is 60.4 Å². The molecule has 0 saturated heterocycles. The molecular weight excluding hydrogens is 395 g/mol. The number of hydrogen-bond acceptors (Lipinski definition) is 2. The van der Waals surface area contributed by atoms with Gasteiger partial charge in [0, 0.05) is 14.5 Å². The molecule has 0 aliphatic heterocycles. The van der Waals surface area contributed by atoms with Crippen LogP contribution in [0.25, 0.3) is 0 Å². The SMILES string of the molecule is NC(=S)c1ccc(Nc2cc(F)ccc2Br)c(Br)c1. The van der Waals surface area contributed by atoms with Crippen LogP contribution in [0, 0.1) is 5.82 Å². The molecule has 0 amide bonds. The fourth-order valence-corrected chi connectivity index (χ4v) is 2.46. The first-order valence-electron chi connectivity index (χ1n) is 5.29. The first kappa shape index (κ1) is 14.4. The van der Waals surface area contributed by atoms with E-state index in [-0.39, 0.29) is 5.82 Å². The number of nitrogens with one attached hydrogen (secondary N) is 1. The Kier molecular flexibility index (Phi) is 4.54. The number of anilines is 2. The molecule has 0 aliphatic rings. The molecule has 0 radical (unpaired) electrons. The number of benzene rings is 2. The molecule has 0 aliphatic carbocycles. The zero-order valence-corrected chi connectivity index (χ0v) is 13.6.